The average Bonchev–Trinajstić information content (AvgIpc) is 2.29. The largest absolute Gasteiger partial charge is 0.373 e. The minimum absolute atomic E-state index is 0.209. The Morgan fingerprint density at radius 2 is 1.31 bits per heavy atom. The summed E-state index contributed by atoms with van der Waals surface area (Å²) in [7, 11) is 0. The third kappa shape index (κ3) is 2.30. The molecule has 2 rings (SSSR count). The first-order valence-electron chi connectivity index (χ1n) is 6.13. The minimum atomic E-state index is -0.671. The van der Waals surface area contributed by atoms with Gasteiger partial charge in [0.05, 0.1) is 0 Å². The summed E-state index contributed by atoms with van der Waals surface area (Å²) in [5.74, 6) is 0. The zero-order valence-electron chi connectivity index (χ0n) is 9.51. The van der Waals surface area contributed by atoms with Gasteiger partial charge in [-0.1, -0.05) is 0 Å². The Bertz CT molecular complexity index is 236. The maximum atomic E-state index is 12.1. The summed E-state index contributed by atoms with van der Waals surface area (Å²) < 4.78 is 0. The van der Waals surface area contributed by atoms with Crippen LogP contribution in [-0.4, -0.2) is 51.6 Å². The number of hydrogen-bond acceptors (Lipinski definition) is 3. The van der Waals surface area contributed by atoms with Crippen molar-refractivity contribution in [3.63, 3.8) is 0 Å². The lowest BCUT2D eigenvalue weighted by molar-refractivity contribution is -0.0440. The Labute approximate surface area is 95.6 Å². The third-order valence-corrected chi connectivity index (χ3v) is 3.43. The summed E-state index contributed by atoms with van der Waals surface area (Å²) in [5, 5.41) is 19.5. The van der Waals surface area contributed by atoms with E-state index in [1.165, 1.54) is 9.80 Å². The molecule has 2 amide bonds. The van der Waals surface area contributed by atoms with E-state index in [9.17, 15) is 15.0 Å². The highest BCUT2D eigenvalue weighted by Crippen LogP contribution is 2.21. The highest BCUT2D eigenvalue weighted by molar-refractivity contribution is 5.75. The van der Waals surface area contributed by atoms with Crippen molar-refractivity contribution in [2.75, 3.05) is 13.1 Å². The minimum Gasteiger partial charge on any atom is -0.373 e. The average molecular weight is 228 g/mol. The first kappa shape index (κ1) is 11.7. The van der Waals surface area contributed by atoms with Crippen LogP contribution in [0, 0.1) is 0 Å². The third-order valence-electron chi connectivity index (χ3n) is 3.43. The van der Waals surface area contributed by atoms with Crippen molar-refractivity contribution in [3.05, 3.63) is 0 Å². The van der Waals surface area contributed by atoms with E-state index in [2.05, 4.69) is 0 Å². The van der Waals surface area contributed by atoms with Crippen LogP contribution in [-0.2, 0) is 0 Å². The number of rotatable bonds is 0. The zero-order chi connectivity index (χ0) is 11.5. The van der Waals surface area contributed by atoms with E-state index in [-0.39, 0.29) is 6.03 Å². The van der Waals surface area contributed by atoms with Gasteiger partial charge in [-0.25, -0.2) is 4.79 Å². The van der Waals surface area contributed by atoms with Crippen molar-refractivity contribution >= 4 is 6.03 Å². The van der Waals surface area contributed by atoms with Crippen molar-refractivity contribution in [1.29, 1.82) is 0 Å². The SMILES string of the molecule is O=C(N1CCCCC1O)N1CCCCC1O. The molecule has 2 fully saturated rings. The monoisotopic (exact) mass is 228 g/mol. The molecule has 5 heteroatoms. The van der Waals surface area contributed by atoms with Gasteiger partial charge in [0, 0.05) is 13.1 Å². The van der Waals surface area contributed by atoms with E-state index >= 15 is 0 Å². The van der Waals surface area contributed by atoms with Gasteiger partial charge in [0.1, 0.15) is 12.5 Å². The summed E-state index contributed by atoms with van der Waals surface area (Å²) in [6.45, 7) is 1.20. The molecule has 2 unspecified atom stereocenters. The molecule has 0 bridgehead atoms. The fourth-order valence-electron chi connectivity index (χ4n) is 2.44. The molecule has 0 aromatic carbocycles. The summed E-state index contributed by atoms with van der Waals surface area (Å²) in [5.41, 5.74) is 0. The Kier molecular flexibility index (Phi) is 3.66. The summed E-state index contributed by atoms with van der Waals surface area (Å²) in [4.78, 5) is 15.1. The number of amides is 2. The number of aliphatic hydroxyl groups excluding tert-OH is 2. The van der Waals surface area contributed by atoms with Gasteiger partial charge in [0.15, 0.2) is 0 Å². The van der Waals surface area contributed by atoms with E-state index in [4.69, 9.17) is 0 Å². The van der Waals surface area contributed by atoms with Crippen LogP contribution in [0.2, 0.25) is 0 Å². The molecule has 2 aliphatic heterocycles. The Morgan fingerprint density at radius 3 is 1.69 bits per heavy atom. The number of piperidine rings is 2. The van der Waals surface area contributed by atoms with Crippen LogP contribution in [0.3, 0.4) is 0 Å². The predicted octanol–water partition coefficient (Wildman–Crippen LogP) is 0.715. The van der Waals surface area contributed by atoms with Crippen LogP contribution < -0.4 is 0 Å². The Morgan fingerprint density at radius 1 is 0.875 bits per heavy atom. The van der Waals surface area contributed by atoms with Gasteiger partial charge in [0.2, 0.25) is 0 Å². The zero-order valence-corrected chi connectivity index (χ0v) is 9.51. The molecule has 2 saturated heterocycles. The number of nitrogens with zero attached hydrogens (tertiary/aromatic N) is 2. The molecule has 0 spiro atoms. The maximum Gasteiger partial charge on any atom is 0.324 e. The number of carbonyl (C=O) groups is 1. The van der Waals surface area contributed by atoms with Crippen molar-refractivity contribution < 1.29 is 15.0 Å². The highest BCUT2D eigenvalue weighted by atomic mass is 16.3. The fraction of sp³-hybridized carbons (Fsp3) is 0.909. The van der Waals surface area contributed by atoms with Crippen LogP contribution in [0.25, 0.3) is 0 Å². The second kappa shape index (κ2) is 5.01. The van der Waals surface area contributed by atoms with Crippen LogP contribution in [0.15, 0.2) is 0 Å². The Balaban J connectivity index is 1.99. The molecule has 0 saturated carbocycles. The molecule has 0 radical (unpaired) electrons. The van der Waals surface area contributed by atoms with Crippen molar-refractivity contribution in [2.45, 2.75) is 51.0 Å². The predicted molar refractivity (Wildman–Crippen MR) is 58.5 cm³/mol. The van der Waals surface area contributed by atoms with E-state index in [1.807, 2.05) is 0 Å². The molecular weight excluding hydrogens is 208 g/mol. The first-order valence-corrected chi connectivity index (χ1v) is 6.13. The number of aliphatic hydroxyl groups is 2. The second-order valence-corrected chi connectivity index (χ2v) is 4.62. The van der Waals surface area contributed by atoms with Crippen LogP contribution in [0.4, 0.5) is 4.79 Å². The van der Waals surface area contributed by atoms with Crippen LogP contribution in [0.1, 0.15) is 38.5 Å². The van der Waals surface area contributed by atoms with E-state index in [0.717, 1.165) is 25.7 Å². The van der Waals surface area contributed by atoms with Crippen molar-refractivity contribution in [3.8, 4) is 0 Å². The van der Waals surface area contributed by atoms with Crippen LogP contribution >= 0.6 is 0 Å². The summed E-state index contributed by atoms with van der Waals surface area (Å²) >= 11 is 0. The van der Waals surface area contributed by atoms with E-state index in [1.54, 1.807) is 0 Å². The fourth-order valence-corrected chi connectivity index (χ4v) is 2.44. The standard InChI is InChI=1S/C11H20N2O3/c14-9-5-1-3-7-12(9)11(16)13-8-4-2-6-10(13)15/h9-10,14-15H,1-8H2. The normalized spacial score (nSPS) is 31.6. The van der Waals surface area contributed by atoms with Gasteiger partial charge in [-0.3, -0.25) is 9.80 Å². The van der Waals surface area contributed by atoms with Gasteiger partial charge < -0.3 is 10.2 Å². The molecule has 2 atom stereocenters. The lowest BCUT2D eigenvalue weighted by Crippen LogP contribution is -2.54. The number of hydrogen-bond donors (Lipinski definition) is 2. The van der Waals surface area contributed by atoms with Gasteiger partial charge in [-0.15, -0.1) is 0 Å². The molecule has 16 heavy (non-hydrogen) atoms. The molecular formula is C11H20N2O3. The molecule has 2 heterocycles. The number of likely N-dealkylation sites (tertiary alicyclic amines) is 2. The molecule has 2 N–H and O–H groups in total. The first-order chi connectivity index (χ1) is 7.70. The number of carbonyl (C=O) groups excluding carboxylic acids is 1. The smallest absolute Gasteiger partial charge is 0.324 e. The van der Waals surface area contributed by atoms with Gasteiger partial charge in [-0.05, 0) is 38.5 Å². The summed E-state index contributed by atoms with van der Waals surface area (Å²) in [6.07, 6.45) is 3.76. The lowest BCUT2D eigenvalue weighted by atomic mass is 10.1. The maximum absolute atomic E-state index is 12.1. The highest BCUT2D eigenvalue weighted by Gasteiger charge is 2.32. The van der Waals surface area contributed by atoms with Gasteiger partial charge >= 0.3 is 6.03 Å². The molecule has 2 aliphatic rings. The number of urea groups is 1. The topological polar surface area (TPSA) is 64.0 Å². The molecule has 0 aliphatic carbocycles. The molecule has 0 aromatic heterocycles. The molecule has 0 aromatic rings. The van der Waals surface area contributed by atoms with E-state index in [0.29, 0.717) is 25.9 Å². The summed E-state index contributed by atoms with van der Waals surface area (Å²) in [6, 6.07) is -0.209. The van der Waals surface area contributed by atoms with Gasteiger partial charge in [0.25, 0.3) is 0 Å². The second-order valence-electron chi connectivity index (χ2n) is 4.62. The molecule has 92 valence electrons. The van der Waals surface area contributed by atoms with Crippen molar-refractivity contribution in [2.24, 2.45) is 0 Å². The van der Waals surface area contributed by atoms with Crippen molar-refractivity contribution in [1.82, 2.24) is 9.80 Å². The Hall–Kier alpha value is -0.810. The van der Waals surface area contributed by atoms with Crippen LogP contribution in [0.5, 0.6) is 0 Å². The van der Waals surface area contributed by atoms with E-state index < -0.39 is 12.5 Å². The lowest BCUT2D eigenvalue weighted by Gasteiger charge is -2.39. The quantitative estimate of drug-likeness (QED) is 0.642. The van der Waals surface area contributed by atoms with Gasteiger partial charge in [-0.2, -0.15) is 0 Å². The molecule has 5 nitrogen and oxygen atoms in total.